The number of carbonyl (C=O) groups excluding carboxylic acids is 1. The highest BCUT2D eigenvalue weighted by Gasteiger charge is 2.34. The van der Waals surface area contributed by atoms with Crippen LogP contribution < -0.4 is 10.4 Å². The molecule has 1 aliphatic carbocycles. The van der Waals surface area contributed by atoms with Gasteiger partial charge in [0.1, 0.15) is 0 Å². The first-order valence-electron chi connectivity index (χ1n) is 11.1. The van der Waals surface area contributed by atoms with E-state index in [0.717, 1.165) is 21.9 Å². The predicted octanol–water partition coefficient (Wildman–Crippen LogP) is 6.37. The van der Waals surface area contributed by atoms with Gasteiger partial charge in [0.05, 0.1) is 0 Å². The number of hydrogen-bond donors (Lipinski definition) is 0. The van der Waals surface area contributed by atoms with Crippen LogP contribution in [0.1, 0.15) is 94.2 Å². The SMILES string of the molecule is C=c1c(C(C)(C)C)cc(=C2C=C(C(C)(C)C)C(=O)C(C(C)(C)C)=C2)cc1C(C)(C)C. The number of allylic oxidation sites excluding steroid dienone is 4. The third-order valence-electron chi connectivity index (χ3n) is 5.90. The Morgan fingerprint density at radius 3 is 1.20 bits per heavy atom. The van der Waals surface area contributed by atoms with Gasteiger partial charge in [0.25, 0.3) is 0 Å². The van der Waals surface area contributed by atoms with Gasteiger partial charge in [-0.2, -0.15) is 0 Å². The van der Waals surface area contributed by atoms with Gasteiger partial charge < -0.3 is 0 Å². The quantitative estimate of drug-likeness (QED) is 0.489. The van der Waals surface area contributed by atoms with Crippen LogP contribution in [0.5, 0.6) is 0 Å². The highest BCUT2D eigenvalue weighted by atomic mass is 16.1. The fourth-order valence-corrected chi connectivity index (χ4v) is 4.09. The van der Waals surface area contributed by atoms with Gasteiger partial charge in [0, 0.05) is 11.1 Å². The number of ketones is 1. The molecule has 0 radical (unpaired) electrons. The highest BCUT2D eigenvalue weighted by Crippen LogP contribution is 2.39. The van der Waals surface area contributed by atoms with Gasteiger partial charge in [-0.05, 0) is 60.9 Å². The zero-order valence-electron chi connectivity index (χ0n) is 21.4. The summed E-state index contributed by atoms with van der Waals surface area (Å²) in [5, 5.41) is 2.31. The first-order valence-corrected chi connectivity index (χ1v) is 11.1. The van der Waals surface area contributed by atoms with Crippen LogP contribution in [0.2, 0.25) is 0 Å². The normalized spacial score (nSPS) is 16.5. The van der Waals surface area contributed by atoms with E-state index in [1.807, 2.05) is 0 Å². The molecule has 0 bridgehead atoms. The number of hydrogen-bond acceptors (Lipinski definition) is 1. The number of carbonyl (C=O) groups is 1. The Bertz CT molecular complexity index is 953. The van der Waals surface area contributed by atoms with Crippen molar-refractivity contribution in [3.8, 4) is 0 Å². The first-order chi connectivity index (χ1) is 13.2. The van der Waals surface area contributed by atoms with Crippen LogP contribution in [0, 0.1) is 10.8 Å². The number of benzene rings is 1. The van der Waals surface area contributed by atoms with E-state index < -0.39 is 0 Å². The minimum atomic E-state index is -0.209. The van der Waals surface area contributed by atoms with Crippen LogP contribution in [0.3, 0.4) is 0 Å². The highest BCUT2D eigenvalue weighted by molar-refractivity contribution is 6.14. The van der Waals surface area contributed by atoms with Crippen LogP contribution >= 0.6 is 0 Å². The van der Waals surface area contributed by atoms with Gasteiger partial charge in [-0.25, -0.2) is 0 Å². The van der Waals surface area contributed by atoms with Gasteiger partial charge >= 0.3 is 0 Å². The lowest BCUT2D eigenvalue weighted by molar-refractivity contribution is -0.114. The molecule has 0 saturated carbocycles. The van der Waals surface area contributed by atoms with E-state index in [1.165, 1.54) is 16.3 Å². The van der Waals surface area contributed by atoms with Crippen LogP contribution in [0.15, 0.2) is 35.4 Å². The summed E-state index contributed by atoms with van der Waals surface area (Å²) in [6, 6.07) is 4.58. The molecule has 0 heterocycles. The van der Waals surface area contributed by atoms with E-state index in [-0.39, 0.29) is 27.4 Å². The van der Waals surface area contributed by atoms with Crippen molar-refractivity contribution in [2.75, 3.05) is 0 Å². The molecule has 1 aromatic carbocycles. The van der Waals surface area contributed by atoms with Crippen molar-refractivity contribution in [3.63, 3.8) is 0 Å². The molecule has 0 amide bonds. The Kier molecular flexibility index (Phi) is 5.98. The molecule has 0 N–H and O–H groups in total. The second kappa shape index (κ2) is 7.36. The molecule has 1 heteroatoms. The molecule has 2 rings (SSSR count). The number of Topliss-reactive ketones (excluding diaryl/α,β-unsaturated/α-hetero) is 1. The van der Waals surface area contributed by atoms with E-state index >= 15 is 0 Å². The van der Waals surface area contributed by atoms with Crippen molar-refractivity contribution in [1.29, 1.82) is 0 Å². The molecule has 0 saturated heterocycles. The molecule has 1 aliphatic rings. The minimum Gasteiger partial charge on any atom is -0.289 e. The molecule has 0 atom stereocenters. The zero-order chi connectivity index (χ0) is 23.4. The lowest BCUT2D eigenvalue weighted by atomic mass is 9.71. The van der Waals surface area contributed by atoms with Crippen molar-refractivity contribution in [2.24, 2.45) is 10.8 Å². The Hall–Kier alpha value is -1.89. The molecule has 0 aromatic heterocycles. The molecule has 1 nitrogen and oxygen atoms in total. The van der Waals surface area contributed by atoms with Gasteiger partial charge in [0.2, 0.25) is 0 Å². The van der Waals surface area contributed by atoms with Crippen LogP contribution in [0.4, 0.5) is 0 Å². The topological polar surface area (TPSA) is 17.1 Å². The van der Waals surface area contributed by atoms with E-state index in [0.29, 0.717) is 0 Å². The molecular weight excluding hydrogens is 364 g/mol. The second-order valence-corrected chi connectivity index (χ2v) is 13.0. The Morgan fingerprint density at radius 1 is 0.600 bits per heavy atom. The molecule has 164 valence electrons. The summed E-state index contributed by atoms with van der Waals surface area (Å²) in [6.07, 6.45) is 4.24. The second-order valence-electron chi connectivity index (χ2n) is 13.0. The van der Waals surface area contributed by atoms with Crippen LogP contribution in [-0.2, 0) is 15.6 Å². The van der Waals surface area contributed by atoms with Gasteiger partial charge in [-0.3, -0.25) is 4.79 Å². The maximum Gasteiger partial charge on any atom is 0.186 e. The Morgan fingerprint density at radius 2 is 0.933 bits per heavy atom. The van der Waals surface area contributed by atoms with Crippen LogP contribution in [-0.4, -0.2) is 5.78 Å². The molecule has 1 aromatic rings. The van der Waals surface area contributed by atoms with Crippen LogP contribution in [0.25, 0.3) is 12.2 Å². The van der Waals surface area contributed by atoms with E-state index in [4.69, 9.17) is 0 Å². The third-order valence-corrected chi connectivity index (χ3v) is 5.90. The maximum atomic E-state index is 13.3. The van der Waals surface area contributed by atoms with Gasteiger partial charge in [0.15, 0.2) is 5.78 Å². The van der Waals surface area contributed by atoms with Crippen molar-refractivity contribution in [1.82, 2.24) is 0 Å². The zero-order valence-corrected chi connectivity index (χ0v) is 21.4. The van der Waals surface area contributed by atoms with E-state index in [9.17, 15) is 4.79 Å². The Balaban J connectivity index is 3.07. The standard InChI is InChI=1S/C29H42O/c1-18-21(26(2,3)4)14-19(15-22(18)27(5,6)7)20-16-23(28(8,9)10)25(30)24(17-20)29(11,12)13/h14-17H,1H2,2-13H3. The molecule has 0 spiro atoms. The summed E-state index contributed by atoms with van der Waals surface area (Å²) < 4.78 is 0. The summed E-state index contributed by atoms with van der Waals surface area (Å²) in [5.41, 5.74) is 5.00. The maximum absolute atomic E-state index is 13.3. The largest absolute Gasteiger partial charge is 0.289 e. The average molecular weight is 407 g/mol. The van der Waals surface area contributed by atoms with Crippen molar-refractivity contribution >= 4 is 17.9 Å². The third kappa shape index (κ3) is 4.88. The minimum absolute atomic E-state index is 0.00865. The lowest BCUT2D eigenvalue weighted by Gasteiger charge is -2.32. The molecule has 30 heavy (non-hydrogen) atoms. The van der Waals surface area contributed by atoms with Crippen molar-refractivity contribution in [2.45, 2.75) is 93.9 Å². The molecular formula is C29H42O. The molecule has 0 aliphatic heterocycles. The first kappa shape index (κ1) is 24.4. The van der Waals surface area contributed by atoms with E-state index in [1.54, 1.807) is 0 Å². The lowest BCUT2D eigenvalue weighted by Crippen LogP contribution is -2.34. The summed E-state index contributed by atoms with van der Waals surface area (Å²) in [6.45, 7) is 30.7. The fourth-order valence-electron chi connectivity index (χ4n) is 4.09. The molecule has 0 fully saturated rings. The van der Waals surface area contributed by atoms with Gasteiger partial charge in [-0.1, -0.05) is 102 Å². The van der Waals surface area contributed by atoms with Crippen molar-refractivity contribution in [3.05, 3.63) is 57.0 Å². The smallest absolute Gasteiger partial charge is 0.186 e. The Labute approximate surface area is 184 Å². The van der Waals surface area contributed by atoms with Crippen molar-refractivity contribution < 1.29 is 4.79 Å². The van der Waals surface area contributed by atoms with Gasteiger partial charge in [-0.15, -0.1) is 0 Å². The fraction of sp³-hybridized carbons (Fsp3) is 0.552. The number of rotatable bonds is 0. The van der Waals surface area contributed by atoms with E-state index in [2.05, 4.69) is 114 Å². The predicted molar refractivity (Wildman–Crippen MR) is 132 cm³/mol. The molecule has 0 unspecified atom stereocenters. The summed E-state index contributed by atoms with van der Waals surface area (Å²) >= 11 is 0. The monoisotopic (exact) mass is 406 g/mol. The average Bonchev–Trinajstić information content (AvgIpc) is 2.50. The summed E-state index contributed by atoms with van der Waals surface area (Å²) in [4.78, 5) is 13.3. The summed E-state index contributed by atoms with van der Waals surface area (Å²) in [5.74, 6) is 0.180. The summed E-state index contributed by atoms with van der Waals surface area (Å²) in [7, 11) is 0.